The van der Waals surface area contributed by atoms with Crippen molar-refractivity contribution in [3.63, 3.8) is 0 Å². The van der Waals surface area contributed by atoms with Crippen LogP contribution in [0, 0.1) is 17.5 Å². The largest absolute Gasteiger partial charge is 0.267 e. The van der Waals surface area contributed by atoms with Crippen molar-refractivity contribution in [3.8, 4) is 0 Å². The van der Waals surface area contributed by atoms with E-state index in [9.17, 15) is 21.6 Å². The molecule has 0 spiro atoms. The number of aromatic nitrogens is 1. The molecular formula is C13H11F3N2O2S. The van der Waals surface area contributed by atoms with E-state index >= 15 is 0 Å². The highest BCUT2D eigenvalue weighted by atomic mass is 32.2. The third kappa shape index (κ3) is 2.85. The van der Waals surface area contributed by atoms with E-state index in [0.29, 0.717) is 6.07 Å². The molecule has 0 unspecified atom stereocenters. The molecule has 0 aliphatic rings. The SMILES string of the molecule is CCN(c1cccnc1)S(=O)(=O)c1cc(F)c(F)cc1F. The minimum absolute atomic E-state index is 0.0214. The van der Waals surface area contributed by atoms with Crippen LogP contribution in [0.2, 0.25) is 0 Å². The normalized spacial score (nSPS) is 11.4. The highest BCUT2D eigenvalue weighted by Gasteiger charge is 2.28. The first-order valence-electron chi connectivity index (χ1n) is 5.95. The summed E-state index contributed by atoms with van der Waals surface area (Å²) >= 11 is 0. The van der Waals surface area contributed by atoms with Crippen LogP contribution in [-0.2, 0) is 10.0 Å². The van der Waals surface area contributed by atoms with Gasteiger partial charge in [0.2, 0.25) is 0 Å². The fraction of sp³-hybridized carbons (Fsp3) is 0.154. The van der Waals surface area contributed by atoms with Gasteiger partial charge in [-0.25, -0.2) is 21.6 Å². The molecule has 0 aliphatic heterocycles. The van der Waals surface area contributed by atoms with Gasteiger partial charge in [-0.15, -0.1) is 0 Å². The Kier molecular flexibility index (Phi) is 4.17. The number of anilines is 1. The Balaban J connectivity index is 2.58. The van der Waals surface area contributed by atoms with Gasteiger partial charge in [-0.2, -0.15) is 0 Å². The zero-order valence-electron chi connectivity index (χ0n) is 10.9. The summed E-state index contributed by atoms with van der Waals surface area (Å²) in [5, 5.41) is 0. The van der Waals surface area contributed by atoms with Gasteiger partial charge >= 0.3 is 0 Å². The summed E-state index contributed by atoms with van der Waals surface area (Å²) in [5.74, 6) is -4.23. The lowest BCUT2D eigenvalue weighted by atomic mass is 10.3. The molecule has 0 amide bonds. The van der Waals surface area contributed by atoms with E-state index < -0.39 is 32.4 Å². The zero-order chi connectivity index (χ0) is 15.6. The molecule has 0 saturated heterocycles. The summed E-state index contributed by atoms with van der Waals surface area (Å²) in [6.07, 6.45) is 2.72. The van der Waals surface area contributed by atoms with E-state index in [4.69, 9.17) is 0 Å². The second-order valence-electron chi connectivity index (χ2n) is 4.08. The number of benzene rings is 1. The van der Waals surface area contributed by atoms with Crippen LogP contribution >= 0.6 is 0 Å². The van der Waals surface area contributed by atoms with Crippen molar-refractivity contribution in [2.24, 2.45) is 0 Å². The Morgan fingerprint density at radius 1 is 1.14 bits per heavy atom. The van der Waals surface area contributed by atoms with Gasteiger partial charge < -0.3 is 0 Å². The molecule has 21 heavy (non-hydrogen) atoms. The molecule has 4 nitrogen and oxygen atoms in total. The maximum atomic E-state index is 13.7. The number of nitrogens with zero attached hydrogens (tertiary/aromatic N) is 2. The Hall–Kier alpha value is -2.09. The lowest BCUT2D eigenvalue weighted by Crippen LogP contribution is -2.31. The summed E-state index contributed by atoms with van der Waals surface area (Å²) in [5.41, 5.74) is 0.198. The average molecular weight is 316 g/mol. The Bertz CT molecular complexity index is 752. The van der Waals surface area contributed by atoms with Crippen molar-refractivity contribution >= 4 is 15.7 Å². The van der Waals surface area contributed by atoms with Crippen LogP contribution in [0.25, 0.3) is 0 Å². The molecule has 0 atom stereocenters. The topological polar surface area (TPSA) is 50.3 Å². The molecule has 2 rings (SSSR count). The predicted molar refractivity (Wildman–Crippen MR) is 70.8 cm³/mol. The van der Waals surface area contributed by atoms with Crippen LogP contribution in [0.5, 0.6) is 0 Å². The number of rotatable bonds is 4. The van der Waals surface area contributed by atoms with Gasteiger partial charge in [-0.1, -0.05) is 0 Å². The minimum atomic E-state index is -4.36. The molecule has 0 saturated carbocycles. The summed E-state index contributed by atoms with van der Waals surface area (Å²) in [7, 11) is -4.36. The molecule has 8 heteroatoms. The number of sulfonamides is 1. The molecule has 112 valence electrons. The first-order valence-corrected chi connectivity index (χ1v) is 7.39. The zero-order valence-corrected chi connectivity index (χ0v) is 11.7. The smallest absolute Gasteiger partial charge is 0.265 e. The molecule has 1 heterocycles. The quantitative estimate of drug-likeness (QED) is 0.815. The number of halogens is 3. The summed E-state index contributed by atoms with van der Waals surface area (Å²) in [6.45, 7) is 1.51. The first kappa shape index (κ1) is 15.3. The third-order valence-corrected chi connectivity index (χ3v) is 4.68. The highest BCUT2D eigenvalue weighted by molar-refractivity contribution is 7.92. The molecule has 2 aromatic rings. The van der Waals surface area contributed by atoms with E-state index in [1.165, 1.54) is 31.5 Å². The van der Waals surface area contributed by atoms with Gasteiger partial charge in [-0.05, 0) is 19.1 Å². The van der Waals surface area contributed by atoms with Crippen molar-refractivity contribution < 1.29 is 21.6 Å². The Morgan fingerprint density at radius 3 is 2.38 bits per heavy atom. The van der Waals surface area contributed by atoms with Crippen molar-refractivity contribution in [3.05, 3.63) is 54.1 Å². The van der Waals surface area contributed by atoms with Gasteiger partial charge in [-0.3, -0.25) is 9.29 Å². The van der Waals surface area contributed by atoms with E-state index in [-0.39, 0.29) is 18.3 Å². The molecule has 1 aromatic carbocycles. The van der Waals surface area contributed by atoms with Gasteiger partial charge in [0.15, 0.2) is 11.6 Å². The Labute approximate surface area is 119 Å². The van der Waals surface area contributed by atoms with E-state index in [1.54, 1.807) is 0 Å². The molecule has 1 aromatic heterocycles. The van der Waals surface area contributed by atoms with Crippen molar-refractivity contribution in [1.29, 1.82) is 0 Å². The lowest BCUT2D eigenvalue weighted by molar-refractivity contribution is 0.482. The van der Waals surface area contributed by atoms with Crippen LogP contribution in [0.1, 0.15) is 6.92 Å². The molecular weight excluding hydrogens is 305 g/mol. The third-order valence-electron chi connectivity index (χ3n) is 2.76. The number of hydrogen-bond acceptors (Lipinski definition) is 3. The van der Waals surface area contributed by atoms with Gasteiger partial charge in [0, 0.05) is 24.9 Å². The monoisotopic (exact) mass is 316 g/mol. The van der Waals surface area contributed by atoms with Crippen molar-refractivity contribution in [2.75, 3.05) is 10.8 Å². The van der Waals surface area contributed by atoms with Gasteiger partial charge in [0.1, 0.15) is 10.7 Å². The minimum Gasteiger partial charge on any atom is -0.265 e. The summed E-state index contributed by atoms with van der Waals surface area (Å²) in [6, 6.07) is 3.51. The van der Waals surface area contributed by atoms with Crippen molar-refractivity contribution in [2.45, 2.75) is 11.8 Å². The fourth-order valence-electron chi connectivity index (χ4n) is 1.81. The highest BCUT2D eigenvalue weighted by Crippen LogP contribution is 2.26. The van der Waals surface area contributed by atoms with Crippen LogP contribution in [0.15, 0.2) is 41.6 Å². The maximum absolute atomic E-state index is 13.7. The molecule has 0 radical (unpaired) electrons. The van der Waals surface area contributed by atoms with Crippen LogP contribution in [-0.4, -0.2) is 19.9 Å². The molecule has 0 N–H and O–H groups in total. The van der Waals surface area contributed by atoms with E-state index in [1.807, 2.05) is 0 Å². The van der Waals surface area contributed by atoms with E-state index in [0.717, 1.165) is 4.31 Å². The van der Waals surface area contributed by atoms with Gasteiger partial charge in [0.25, 0.3) is 10.0 Å². The lowest BCUT2D eigenvalue weighted by Gasteiger charge is -2.22. The van der Waals surface area contributed by atoms with Crippen molar-refractivity contribution in [1.82, 2.24) is 4.98 Å². The predicted octanol–water partition coefficient (Wildman–Crippen LogP) is 2.71. The Morgan fingerprint density at radius 2 is 1.81 bits per heavy atom. The number of pyridine rings is 1. The van der Waals surface area contributed by atoms with Crippen LogP contribution < -0.4 is 4.31 Å². The van der Waals surface area contributed by atoms with Gasteiger partial charge in [0.05, 0.1) is 11.9 Å². The summed E-state index contributed by atoms with van der Waals surface area (Å²) in [4.78, 5) is 2.86. The summed E-state index contributed by atoms with van der Waals surface area (Å²) < 4.78 is 65.5. The average Bonchev–Trinajstić information content (AvgIpc) is 2.44. The number of hydrogen-bond donors (Lipinski definition) is 0. The molecule has 0 bridgehead atoms. The maximum Gasteiger partial charge on any atom is 0.267 e. The van der Waals surface area contributed by atoms with Crippen LogP contribution in [0.3, 0.4) is 0 Å². The van der Waals surface area contributed by atoms with E-state index in [2.05, 4.69) is 4.98 Å². The molecule has 0 fully saturated rings. The second kappa shape index (κ2) is 5.72. The van der Waals surface area contributed by atoms with Crippen LogP contribution in [0.4, 0.5) is 18.9 Å². The fourth-order valence-corrected chi connectivity index (χ4v) is 3.33. The molecule has 0 aliphatic carbocycles. The second-order valence-corrected chi connectivity index (χ2v) is 5.91. The standard InChI is InChI=1S/C13H11F3N2O2S/c1-2-18(9-4-3-5-17-8-9)21(19,20)13-7-11(15)10(14)6-12(13)16/h3-8H,2H2,1H3. The first-order chi connectivity index (χ1) is 9.87.